The third-order valence-electron chi connectivity index (χ3n) is 7.73. The summed E-state index contributed by atoms with van der Waals surface area (Å²) in [7, 11) is 0. The average Bonchev–Trinajstić information content (AvgIpc) is 3.22. The van der Waals surface area contributed by atoms with Crippen LogP contribution in [0.2, 0.25) is 0 Å². The van der Waals surface area contributed by atoms with Crippen molar-refractivity contribution in [3.05, 3.63) is 52.4 Å². The Hall–Kier alpha value is -2.64. The first-order valence-corrected chi connectivity index (χ1v) is 12.2. The van der Waals surface area contributed by atoms with Crippen LogP contribution in [0.25, 0.3) is 0 Å². The maximum absolute atomic E-state index is 14.2. The summed E-state index contributed by atoms with van der Waals surface area (Å²) in [5.74, 6) is -0.0941. The normalized spacial score (nSPS) is 28.7. The Morgan fingerprint density at radius 1 is 1.15 bits per heavy atom. The van der Waals surface area contributed by atoms with E-state index in [1.54, 1.807) is 0 Å². The number of rotatable bonds is 3. The first-order chi connectivity index (χ1) is 16.1. The van der Waals surface area contributed by atoms with Gasteiger partial charge in [-0.05, 0) is 55.2 Å². The summed E-state index contributed by atoms with van der Waals surface area (Å²) in [4.78, 5) is 15.9. The highest BCUT2D eigenvalue weighted by atomic mass is 19.4. The van der Waals surface area contributed by atoms with Gasteiger partial charge in [0.05, 0.1) is 5.41 Å². The summed E-state index contributed by atoms with van der Waals surface area (Å²) in [5.41, 5.74) is 0.472. The SMILES string of the molecule is CC[C@@]1(c2cccc(N3CCCCC3)c2)C2=C(CC(C)(C)CC2=O)NC2N=NC(C(F)(F)F)=C21. The van der Waals surface area contributed by atoms with Crippen molar-refractivity contribution in [2.45, 2.75) is 77.1 Å². The highest BCUT2D eigenvalue weighted by Gasteiger charge is 2.57. The molecule has 5 nitrogen and oxygen atoms in total. The van der Waals surface area contributed by atoms with Crippen LogP contribution in [0.15, 0.2) is 57.0 Å². The highest BCUT2D eigenvalue weighted by molar-refractivity contribution is 6.01. The number of piperidine rings is 1. The number of nitrogens with zero attached hydrogens (tertiary/aromatic N) is 3. The van der Waals surface area contributed by atoms with E-state index in [1.807, 2.05) is 45.0 Å². The molecule has 1 aromatic rings. The molecule has 0 bridgehead atoms. The lowest BCUT2D eigenvalue weighted by Crippen LogP contribution is -2.52. The van der Waals surface area contributed by atoms with Crippen molar-refractivity contribution in [3.8, 4) is 0 Å². The summed E-state index contributed by atoms with van der Waals surface area (Å²) in [5, 5.41) is 10.8. The minimum Gasteiger partial charge on any atom is -0.372 e. The van der Waals surface area contributed by atoms with Crippen LogP contribution in [0.3, 0.4) is 0 Å². The number of carbonyl (C=O) groups excluding carboxylic acids is 1. The van der Waals surface area contributed by atoms with Crippen molar-refractivity contribution in [1.29, 1.82) is 0 Å². The first-order valence-electron chi connectivity index (χ1n) is 12.2. The van der Waals surface area contributed by atoms with Crippen LogP contribution in [0, 0.1) is 5.41 Å². The van der Waals surface area contributed by atoms with Gasteiger partial charge in [-0.15, -0.1) is 5.11 Å². The molecule has 1 unspecified atom stereocenters. The molecule has 1 fully saturated rings. The average molecular weight is 473 g/mol. The van der Waals surface area contributed by atoms with E-state index in [2.05, 4.69) is 20.4 Å². The quantitative estimate of drug-likeness (QED) is 0.572. The summed E-state index contributed by atoms with van der Waals surface area (Å²) >= 11 is 0. The second kappa shape index (κ2) is 7.95. The zero-order valence-corrected chi connectivity index (χ0v) is 19.9. The maximum Gasteiger partial charge on any atom is 0.435 e. The van der Waals surface area contributed by atoms with Gasteiger partial charge in [-0.1, -0.05) is 32.9 Å². The molecular formula is C26H31F3N4O. The van der Waals surface area contributed by atoms with Gasteiger partial charge in [0.25, 0.3) is 0 Å². The Kier molecular flexibility index (Phi) is 5.41. The monoisotopic (exact) mass is 472 g/mol. The third-order valence-corrected chi connectivity index (χ3v) is 7.73. The predicted molar refractivity (Wildman–Crippen MR) is 124 cm³/mol. The second-order valence-corrected chi connectivity index (χ2v) is 10.7. The molecule has 4 aliphatic rings. The number of Topliss-reactive ketones (excluding diaryl/α,β-unsaturated/α-hetero) is 1. The fourth-order valence-electron chi connectivity index (χ4n) is 6.33. The molecule has 3 aliphatic heterocycles. The molecule has 1 aliphatic carbocycles. The van der Waals surface area contributed by atoms with Crippen LogP contribution in [0.1, 0.15) is 64.9 Å². The zero-order valence-electron chi connectivity index (χ0n) is 19.9. The number of carbonyl (C=O) groups is 1. The summed E-state index contributed by atoms with van der Waals surface area (Å²) < 4.78 is 42.6. The van der Waals surface area contributed by atoms with Crippen molar-refractivity contribution in [2.75, 3.05) is 18.0 Å². The number of halogens is 3. The number of azo groups is 1. The molecule has 1 N–H and O–H groups in total. The largest absolute Gasteiger partial charge is 0.435 e. The van der Waals surface area contributed by atoms with Gasteiger partial charge in [-0.25, -0.2) is 0 Å². The van der Waals surface area contributed by atoms with E-state index < -0.39 is 23.5 Å². The number of ketones is 1. The van der Waals surface area contributed by atoms with Crippen LogP contribution >= 0.6 is 0 Å². The van der Waals surface area contributed by atoms with Gasteiger partial charge >= 0.3 is 6.18 Å². The van der Waals surface area contributed by atoms with E-state index in [-0.39, 0.29) is 16.8 Å². The molecule has 0 aromatic heterocycles. The third kappa shape index (κ3) is 3.57. The topological polar surface area (TPSA) is 57.1 Å². The molecule has 5 rings (SSSR count). The molecule has 0 amide bonds. The summed E-state index contributed by atoms with van der Waals surface area (Å²) in [6.07, 6.45) is -0.992. The van der Waals surface area contributed by atoms with Gasteiger partial charge < -0.3 is 10.2 Å². The van der Waals surface area contributed by atoms with Crippen LogP contribution in [-0.4, -0.2) is 31.2 Å². The lowest BCUT2D eigenvalue weighted by Gasteiger charge is -2.48. The van der Waals surface area contributed by atoms with E-state index in [0.29, 0.717) is 36.1 Å². The van der Waals surface area contributed by atoms with E-state index >= 15 is 0 Å². The number of hydrogen-bond acceptors (Lipinski definition) is 5. The fraction of sp³-hybridized carbons (Fsp3) is 0.577. The minimum absolute atomic E-state index is 0.0603. The molecule has 0 spiro atoms. The molecule has 1 aromatic carbocycles. The smallest absolute Gasteiger partial charge is 0.372 e. The number of anilines is 1. The van der Waals surface area contributed by atoms with Gasteiger partial charge in [0.2, 0.25) is 0 Å². The molecule has 0 saturated carbocycles. The Morgan fingerprint density at radius 3 is 2.56 bits per heavy atom. The van der Waals surface area contributed by atoms with Gasteiger partial charge in [-0.3, -0.25) is 4.79 Å². The lowest BCUT2D eigenvalue weighted by molar-refractivity contribution is -0.119. The van der Waals surface area contributed by atoms with Crippen LogP contribution in [-0.2, 0) is 10.2 Å². The highest BCUT2D eigenvalue weighted by Crippen LogP contribution is 2.56. The molecular weight excluding hydrogens is 441 g/mol. The minimum atomic E-state index is -4.66. The van der Waals surface area contributed by atoms with Crippen molar-refractivity contribution in [2.24, 2.45) is 15.6 Å². The van der Waals surface area contributed by atoms with Crippen LogP contribution in [0.5, 0.6) is 0 Å². The first kappa shape index (κ1) is 23.1. The Morgan fingerprint density at radius 2 is 1.88 bits per heavy atom. The van der Waals surface area contributed by atoms with Crippen molar-refractivity contribution in [1.82, 2.24) is 5.32 Å². The standard InChI is InChI=1S/C26H31F3N4O/c1-4-25(16-9-8-10-17(13-16)33-11-6-5-7-12-33)20-18(14-24(2,3)15-19(20)34)30-23-21(25)22(31-32-23)26(27,28)29/h8-10,13,23,30H,4-7,11-12,14-15H2,1-3H3/t23?,25-/m1/s1. The second-order valence-electron chi connectivity index (χ2n) is 10.7. The van der Waals surface area contributed by atoms with E-state index in [4.69, 9.17) is 0 Å². The molecule has 8 heteroatoms. The van der Waals surface area contributed by atoms with Crippen molar-refractivity contribution >= 4 is 11.5 Å². The molecule has 182 valence electrons. The van der Waals surface area contributed by atoms with Crippen molar-refractivity contribution < 1.29 is 18.0 Å². The summed E-state index contributed by atoms with van der Waals surface area (Å²) in [6, 6.07) is 7.78. The van der Waals surface area contributed by atoms with Gasteiger partial charge in [-0.2, -0.15) is 18.3 Å². The van der Waals surface area contributed by atoms with Crippen LogP contribution < -0.4 is 10.2 Å². The number of nitrogens with one attached hydrogen (secondary N) is 1. The van der Waals surface area contributed by atoms with Crippen LogP contribution in [0.4, 0.5) is 18.9 Å². The number of alkyl halides is 3. The predicted octanol–water partition coefficient (Wildman–Crippen LogP) is 6.18. The van der Waals surface area contributed by atoms with Gasteiger partial charge in [0, 0.05) is 42.0 Å². The molecule has 34 heavy (non-hydrogen) atoms. The number of fused-ring (bicyclic) bond motifs is 1. The molecule has 0 radical (unpaired) electrons. The molecule has 2 atom stereocenters. The number of hydrogen-bond donors (Lipinski definition) is 1. The number of benzene rings is 1. The van der Waals surface area contributed by atoms with E-state index in [9.17, 15) is 18.0 Å². The fourth-order valence-corrected chi connectivity index (χ4v) is 6.33. The number of allylic oxidation sites excluding steroid dienone is 3. The van der Waals surface area contributed by atoms with E-state index in [1.165, 1.54) is 6.42 Å². The zero-order chi connectivity index (χ0) is 24.3. The Labute approximate surface area is 198 Å². The van der Waals surface area contributed by atoms with Gasteiger partial charge in [0.15, 0.2) is 17.6 Å². The van der Waals surface area contributed by atoms with Gasteiger partial charge in [0.1, 0.15) is 0 Å². The summed E-state index contributed by atoms with van der Waals surface area (Å²) in [6.45, 7) is 7.75. The molecule has 3 heterocycles. The molecule has 1 saturated heterocycles. The maximum atomic E-state index is 14.2. The Bertz CT molecular complexity index is 1110. The Balaban J connectivity index is 1.77. The van der Waals surface area contributed by atoms with E-state index in [0.717, 1.165) is 31.6 Å². The lowest BCUT2D eigenvalue weighted by atomic mass is 9.58. The van der Waals surface area contributed by atoms with Crippen molar-refractivity contribution in [3.63, 3.8) is 0 Å².